The lowest BCUT2D eigenvalue weighted by atomic mass is 10.1. The van der Waals surface area contributed by atoms with Gasteiger partial charge in [0.1, 0.15) is 11.0 Å². The van der Waals surface area contributed by atoms with E-state index < -0.39 is 0 Å². The highest BCUT2D eigenvalue weighted by Gasteiger charge is 2.12. The third-order valence-corrected chi connectivity index (χ3v) is 4.95. The number of hydrogen-bond donors (Lipinski definition) is 0. The third kappa shape index (κ3) is 9.62. The van der Waals surface area contributed by atoms with E-state index in [1.807, 2.05) is 39.8 Å². The molecule has 1 aliphatic carbocycles. The molecule has 3 rings (SSSR count). The van der Waals surface area contributed by atoms with Crippen molar-refractivity contribution in [1.29, 1.82) is 0 Å². The van der Waals surface area contributed by atoms with Crippen molar-refractivity contribution in [3.8, 4) is 0 Å². The Hall–Kier alpha value is -2.07. The summed E-state index contributed by atoms with van der Waals surface area (Å²) in [6, 6.07) is 5.19. The summed E-state index contributed by atoms with van der Waals surface area (Å²) in [7, 11) is 0. The highest BCUT2D eigenvalue weighted by molar-refractivity contribution is 6.29. The molecule has 0 radical (unpaired) electrons. The lowest BCUT2D eigenvalue weighted by molar-refractivity contribution is 0.618. The van der Waals surface area contributed by atoms with E-state index >= 15 is 0 Å². The average Bonchev–Trinajstić information content (AvgIpc) is 3.50. The summed E-state index contributed by atoms with van der Waals surface area (Å²) >= 11 is 5.73. The first-order valence-corrected chi connectivity index (χ1v) is 11.0. The Morgan fingerprint density at radius 3 is 2.30 bits per heavy atom. The molecular formula is C25H35ClFN3. The first kappa shape index (κ1) is 26.0. The van der Waals surface area contributed by atoms with E-state index in [0.717, 1.165) is 47.0 Å². The van der Waals surface area contributed by atoms with Gasteiger partial charge in [0.2, 0.25) is 0 Å². The van der Waals surface area contributed by atoms with Gasteiger partial charge in [-0.25, -0.2) is 9.37 Å². The predicted molar refractivity (Wildman–Crippen MR) is 130 cm³/mol. The molecule has 1 fully saturated rings. The van der Waals surface area contributed by atoms with Crippen molar-refractivity contribution < 1.29 is 4.39 Å². The van der Waals surface area contributed by atoms with Crippen molar-refractivity contribution in [3.63, 3.8) is 0 Å². The molecule has 1 aliphatic rings. The molecule has 0 spiro atoms. The molecule has 0 saturated heterocycles. The molecule has 1 heterocycles. The number of aliphatic imine (C=N–C) groups is 2. The Balaban J connectivity index is 0.000000254. The topological polar surface area (TPSA) is 37.6 Å². The number of nitrogens with zero attached hydrogens (tertiary/aromatic N) is 3. The van der Waals surface area contributed by atoms with Crippen LogP contribution in [0.1, 0.15) is 70.6 Å². The molecule has 0 N–H and O–H groups in total. The van der Waals surface area contributed by atoms with Crippen molar-refractivity contribution >= 4 is 34.9 Å². The van der Waals surface area contributed by atoms with Gasteiger partial charge < -0.3 is 0 Å². The lowest BCUT2D eigenvalue weighted by Gasteiger charge is -2.04. The Kier molecular flexibility index (Phi) is 11.5. The number of aryl methyl sites for hydroxylation is 3. The molecule has 0 unspecified atom stereocenters. The fourth-order valence-corrected chi connectivity index (χ4v) is 2.57. The summed E-state index contributed by atoms with van der Waals surface area (Å²) in [6.45, 7) is 13.9. The average molecular weight is 432 g/mol. The molecule has 0 atom stereocenters. The van der Waals surface area contributed by atoms with Crippen LogP contribution in [0.15, 0.2) is 34.4 Å². The van der Waals surface area contributed by atoms with Gasteiger partial charge in [0.15, 0.2) is 0 Å². The fraction of sp³-hybridized carbons (Fsp3) is 0.480. The fourth-order valence-electron chi connectivity index (χ4n) is 2.39. The van der Waals surface area contributed by atoms with Crippen molar-refractivity contribution in [2.24, 2.45) is 15.9 Å². The van der Waals surface area contributed by atoms with Gasteiger partial charge in [-0.3, -0.25) is 9.98 Å². The van der Waals surface area contributed by atoms with Gasteiger partial charge in [0.25, 0.3) is 0 Å². The van der Waals surface area contributed by atoms with E-state index in [4.69, 9.17) is 11.6 Å². The van der Waals surface area contributed by atoms with E-state index in [1.165, 1.54) is 18.9 Å². The zero-order valence-electron chi connectivity index (χ0n) is 19.4. The Morgan fingerprint density at radius 1 is 1.17 bits per heavy atom. The molecule has 0 bridgehead atoms. The van der Waals surface area contributed by atoms with Crippen LogP contribution >= 0.6 is 11.6 Å². The molecule has 2 aromatic rings. The van der Waals surface area contributed by atoms with Gasteiger partial charge in [-0.15, -0.1) is 0 Å². The standard InChI is InChI=1S/C12H16FN.C9H11ClN2.C4H8/c1-5-10(4)14-12-7-11(13)8(2)6-9(12)3;1-3-7-5-9(10)12-6-8(7)11-4-2;1-4-2-3-4/h6-7H,5H2,1-4H3;4-6H,3H2,1-2H3;4H,2-3H2,1H3. The van der Waals surface area contributed by atoms with Gasteiger partial charge in [0.05, 0.1) is 17.6 Å². The maximum absolute atomic E-state index is 13.2. The normalized spacial score (nSPS) is 13.4. The smallest absolute Gasteiger partial charge is 0.129 e. The Labute approximate surface area is 186 Å². The van der Waals surface area contributed by atoms with Gasteiger partial charge in [-0.2, -0.15) is 0 Å². The van der Waals surface area contributed by atoms with E-state index in [2.05, 4.69) is 28.8 Å². The summed E-state index contributed by atoms with van der Waals surface area (Å²) < 4.78 is 13.2. The minimum absolute atomic E-state index is 0.182. The molecule has 5 heteroatoms. The second-order valence-electron chi connectivity index (χ2n) is 7.65. The summed E-state index contributed by atoms with van der Waals surface area (Å²) in [5.41, 5.74) is 5.51. The van der Waals surface area contributed by atoms with Crippen LogP contribution in [0.3, 0.4) is 0 Å². The van der Waals surface area contributed by atoms with Gasteiger partial charge >= 0.3 is 0 Å². The van der Waals surface area contributed by atoms with Crippen molar-refractivity contribution in [2.75, 3.05) is 0 Å². The number of hydrogen-bond acceptors (Lipinski definition) is 3. The second-order valence-corrected chi connectivity index (χ2v) is 8.03. The van der Waals surface area contributed by atoms with Crippen LogP contribution in [0.4, 0.5) is 15.8 Å². The molecule has 1 aromatic heterocycles. The van der Waals surface area contributed by atoms with Crippen LogP contribution in [0.25, 0.3) is 0 Å². The summed E-state index contributed by atoms with van der Waals surface area (Å²) in [5.74, 6) is 0.901. The summed E-state index contributed by atoms with van der Waals surface area (Å²) in [5, 5.41) is 0.530. The molecule has 1 saturated carbocycles. The number of halogens is 2. The Morgan fingerprint density at radius 2 is 1.80 bits per heavy atom. The van der Waals surface area contributed by atoms with Crippen LogP contribution in [0, 0.1) is 25.6 Å². The first-order valence-electron chi connectivity index (χ1n) is 10.7. The number of pyridine rings is 1. The maximum Gasteiger partial charge on any atom is 0.129 e. The van der Waals surface area contributed by atoms with Crippen molar-refractivity contribution in [2.45, 2.75) is 74.1 Å². The van der Waals surface area contributed by atoms with Crippen LogP contribution in [0.5, 0.6) is 0 Å². The molecule has 3 nitrogen and oxygen atoms in total. The quantitative estimate of drug-likeness (QED) is 0.353. The minimum atomic E-state index is -0.182. The largest absolute Gasteiger partial charge is 0.260 e. The van der Waals surface area contributed by atoms with Crippen LogP contribution in [0.2, 0.25) is 5.15 Å². The monoisotopic (exact) mass is 431 g/mol. The molecule has 30 heavy (non-hydrogen) atoms. The van der Waals surface area contributed by atoms with Crippen LogP contribution in [-0.2, 0) is 6.42 Å². The number of rotatable bonds is 4. The van der Waals surface area contributed by atoms with E-state index in [9.17, 15) is 4.39 Å². The minimum Gasteiger partial charge on any atom is -0.260 e. The van der Waals surface area contributed by atoms with E-state index in [-0.39, 0.29) is 5.82 Å². The Bertz CT molecular complexity index is 871. The third-order valence-electron chi connectivity index (χ3n) is 4.75. The van der Waals surface area contributed by atoms with Gasteiger partial charge in [0, 0.05) is 18.0 Å². The van der Waals surface area contributed by atoms with Crippen molar-refractivity contribution in [3.05, 3.63) is 52.1 Å². The summed E-state index contributed by atoms with van der Waals surface area (Å²) in [4.78, 5) is 12.5. The van der Waals surface area contributed by atoms with Gasteiger partial charge in [-0.05, 0) is 69.2 Å². The molecule has 0 amide bonds. The number of aromatic nitrogens is 1. The first-order chi connectivity index (χ1) is 14.2. The lowest BCUT2D eigenvalue weighted by Crippen LogP contribution is -1.89. The van der Waals surface area contributed by atoms with Crippen LogP contribution < -0.4 is 0 Å². The second kappa shape index (κ2) is 13.3. The van der Waals surface area contributed by atoms with Gasteiger partial charge in [-0.1, -0.05) is 51.3 Å². The maximum atomic E-state index is 13.2. The molecule has 1 aromatic carbocycles. The molecule has 164 valence electrons. The SMILES string of the molecule is CC1CC1.CC=Nc1cnc(Cl)cc1CC.CCC(C)=Nc1cc(F)c(C)cc1C. The highest BCUT2D eigenvalue weighted by Crippen LogP contribution is 2.26. The number of benzene rings is 1. The zero-order chi connectivity index (χ0) is 22.7. The predicted octanol–water partition coefficient (Wildman–Crippen LogP) is 8.38. The van der Waals surface area contributed by atoms with E-state index in [0.29, 0.717) is 10.7 Å². The molecule has 0 aliphatic heterocycles. The molecular weight excluding hydrogens is 397 g/mol. The summed E-state index contributed by atoms with van der Waals surface area (Å²) in [6.07, 6.45) is 8.25. The van der Waals surface area contributed by atoms with E-state index in [1.54, 1.807) is 19.3 Å². The van der Waals surface area contributed by atoms with Crippen molar-refractivity contribution in [1.82, 2.24) is 4.98 Å². The van der Waals surface area contributed by atoms with Crippen LogP contribution in [-0.4, -0.2) is 16.9 Å². The zero-order valence-corrected chi connectivity index (χ0v) is 20.1. The highest BCUT2D eigenvalue weighted by atomic mass is 35.5.